The number of hydrogen-bond acceptors (Lipinski definition) is 2. The lowest BCUT2D eigenvalue weighted by Crippen LogP contribution is -2.40. The van der Waals surface area contributed by atoms with Crippen molar-refractivity contribution in [1.82, 2.24) is 4.90 Å². The minimum absolute atomic E-state index is 0.309. The molecule has 1 saturated heterocycles. The van der Waals surface area contributed by atoms with Crippen molar-refractivity contribution in [1.29, 1.82) is 0 Å². The predicted octanol–water partition coefficient (Wildman–Crippen LogP) is 4.18. The molecule has 0 atom stereocenters. The van der Waals surface area contributed by atoms with Crippen LogP contribution in [-0.2, 0) is 9.53 Å². The maximum Gasteiger partial charge on any atom is 0.222 e. The molecular weight excluding hydrogens is 262 g/mol. The van der Waals surface area contributed by atoms with E-state index < -0.39 is 0 Å². The molecule has 0 aromatic rings. The Morgan fingerprint density at radius 2 is 1.81 bits per heavy atom. The topological polar surface area (TPSA) is 29.5 Å². The third-order valence-corrected chi connectivity index (χ3v) is 4.32. The average molecular weight is 295 g/mol. The van der Waals surface area contributed by atoms with Gasteiger partial charge in [-0.05, 0) is 44.4 Å². The summed E-state index contributed by atoms with van der Waals surface area (Å²) in [6.07, 6.45) is 12.2. The standard InChI is InChI=1S/C18H33NO2/c1-4-5-6-8-11-18(2,3)12-9-7-10-17(20)19-13-15-21-16-14-19/h4-5H,6-16H2,1-3H3/b5-4+. The van der Waals surface area contributed by atoms with E-state index >= 15 is 0 Å². The van der Waals surface area contributed by atoms with Gasteiger partial charge in [-0.1, -0.05) is 32.4 Å². The molecule has 0 aliphatic carbocycles. The van der Waals surface area contributed by atoms with Gasteiger partial charge in [0.05, 0.1) is 13.2 Å². The lowest BCUT2D eigenvalue weighted by Gasteiger charge is -2.27. The Morgan fingerprint density at radius 3 is 2.48 bits per heavy atom. The van der Waals surface area contributed by atoms with E-state index in [0.717, 1.165) is 25.9 Å². The lowest BCUT2D eigenvalue weighted by atomic mass is 9.82. The fourth-order valence-corrected chi connectivity index (χ4v) is 2.84. The molecule has 21 heavy (non-hydrogen) atoms. The molecule has 1 heterocycles. The summed E-state index contributed by atoms with van der Waals surface area (Å²) >= 11 is 0. The molecule has 1 rings (SSSR count). The minimum atomic E-state index is 0.309. The number of hydrogen-bond donors (Lipinski definition) is 0. The van der Waals surface area contributed by atoms with Crippen LogP contribution < -0.4 is 0 Å². The molecule has 0 bridgehead atoms. The van der Waals surface area contributed by atoms with E-state index in [-0.39, 0.29) is 0 Å². The van der Waals surface area contributed by atoms with E-state index in [0.29, 0.717) is 31.0 Å². The Bertz CT molecular complexity index is 317. The van der Waals surface area contributed by atoms with E-state index in [2.05, 4.69) is 32.9 Å². The number of ether oxygens (including phenoxy) is 1. The van der Waals surface area contributed by atoms with E-state index in [1.165, 1.54) is 25.7 Å². The van der Waals surface area contributed by atoms with Crippen molar-refractivity contribution in [3.63, 3.8) is 0 Å². The normalized spacial score (nSPS) is 16.6. The van der Waals surface area contributed by atoms with Crippen LogP contribution >= 0.6 is 0 Å². The summed E-state index contributed by atoms with van der Waals surface area (Å²) in [5, 5.41) is 0. The molecule has 3 nitrogen and oxygen atoms in total. The second-order valence-electron chi connectivity index (χ2n) is 6.83. The summed E-state index contributed by atoms with van der Waals surface area (Å²) in [5.74, 6) is 0.309. The first kappa shape index (κ1) is 18.2. The number of nitrogens with zero attached hydrogens (tertiary/aromatic N) is 1. The Kier molecular flexibility index (Phi) is 8.67. The number of allylic oxidation sites excluding steroid dienone is 2. The van der Waals surface area contributed by atoms with Gasteiger partial charge in [-0.25, -0.2) is 0 Å². The molecule has 122 valence electrons. The smallest absolute Gasteiger partial charge is 0.222 e. The maximum absolute atomic E-state index is 12.0. The SMILES string of the molecule is C/C=C/CCCC(C)(C)CCCCC(=O)N1CCOCC1. The highest BCUT2D eigenvalue weighted by Gasteiger charge is 2.18. The second kappa shape index (κ2) is 9.99. The highest BCUT2D eigenvalue weighted by atomic mass is 16.5. The van der Waals surface area contributed by atoms with Crippen molar-refractivity contribution >= 4 is 5.91 Å². The summed E-state index contributed by atoms with van der Waals surface area (Å²) in [4.78, 5) is 14.0. The number of morpholine rings is 1. The van der Waals surface area contributed by atoms with Gasteiger partial charge >= 0.3 is 0 Å². The molecule has 0 unspecified atom stereocenters. The monoisotopic (exact) mass is 295 g/mol. The van der Waals surface area contributed by atoms with Crippen LogP contribution in [0.3, 0.4) is 0 Å². The zero-order chi connectivity index (χ0) is 15.6. The van der Waals surface area contributed by atoms with Crippen LogP contribution in [0.2, 0.25) is 0 Å². The molecule has 1 aliphatic heterocycles. The van der Waals surface area contributed by atoms with Crippen molar-refractivity contribution < 1.29 is 9.53 Å². The molecule has 0 aromatic carbocycles. The van der Waals surface area contributed by atoms with Gasteiger partial charge in [0.1, 0.15) is 0 Å². The van der Waals surface area contributed by atoms with Gasteiger partial charge in [0.25, 0.3) is 0 Å². The minimum Gasteiger partial charge on any atom is -0.378 e. The molecule has 0 radical (unpaired) electrons. The highest BCUT2D eigenvalue weighted by molar-refractivity contribution is 5.76. The third-order valence-electron chi connectivity index (χ3n) is 4.32. The molecule has 0 spiro atoms. The van der Waals surface area contributed by atoms with Crippen molar-refractivity contribution in [2.75, 3.05) is 26.3 Å². The second-order valence-corrected chi connectivity index (χ2v) is 6.83. The van der Waals surface area contributed by atoms with E-state index in [9.17, 15) is 4.79 Å². The largest absolute Gasteiger partial charge is 0.378 e. The summed E-state index contributed by atoms with van der Waals surface area (Å²) < 4.78 is 5.28. The number of amides is 1. The quantitative estimate of drug-likeness (QED) is 0.472. The van der Waals surface area contributed by atoms with Crippen LogP contribution in [-0.4, -0.2) is 37.1 Å². The molecule has 0 saturated carbocycles. The number of carbonyl (C=O) groups is 1. The van der Waals surface area contributed by atoms with Crippen LogP contribution in [0.4, 0.5) is 0 Å². The fourth-order valence-electron chi connectivity index (χ4n) is 2.84. The van der Waals surface area contributed by atoms with Gasteiger partial charge in [-0.3, -0.25) is 4.79 Å². The van der Waals surface area contributed by atoms with Crippen LogP contribution in [0.25, 0.3) is 0 Å². The first-order valence-corrected chi connectivity index (χ1v) is 8.52. The van der Waals surface area contributed by atoms with Gasteiger partial charge in [0, 0.05) is 19.5 Å². The van der Waals surface area contributed by atoms with Crippen molar-refractivity contribution in [3.05, 3.63) is 12.2 Å². The van der Waals surface area contributed by atoms with Crippen molar-refractivity contribution in [3.8, 4) is 0 Å². The fraction of sp³-hybridized carbons (Fsp3) is 0.833. The summed E-state index contributed by atoms with van der Waals surface area (Å²) in [7, 11) is 0. The molecule has 1 amide bonds. The average Bonchev–Trinajstić information content (AvgIpc) is 2.49. The summed E-state index contributed by atoms with van der Waals surface area (Å²) in [6, 6.07) is 0. The Hall–Kier alpha value is -0.830. The van der Waals surface area contributed by atoms with Gasteiger partial charge in [0.15, 0.2) is 0 Å². The number of rotatable bonds is 9. The van der Waals surface area contributed by atoms with Crippen LogP contribution in [0.15, 0.2) is 12.2 Å². The zero-order valence-corrected chi connectivity index (χ0v) is 14.2. The van der Waals surface area contributed by atoms with E-state index in [1.807, 2.05) is 4.90 Å². The first-order chi connectivity index (χ1) is 10.0. The highest BCUT2D eigenvalue weighted by Crippen LogP contribution is 2.30. The Morgan fingerprint density at radius 1 is 1.14 bits per heavy atom. The van der Waals surface area contributed by atoms with E-state index in [1.54, 1.807) is 0 Å². The van der Waals surface area contributed by atoms with Crippen LogP contribution in [0.1, 0.15) is 65.7 Å². The van der Waals surface area contributed by atoms with E-state index in [4.69, 9.17) is 4.74 Å². The van der Waals surface area contributed by atoms with Crippen LogP contribution in [0.5, 0.6) is 0 Å². The van der Waals surface area contributed by atoms with Gasteiger partial charge in [-0.2, -0.15) is 0 Å². The maximum atomic E-state index is 12.0. The molecule has 0 N–H and O–H groups in total. The Balaban J connectivity index is 2.09. The summed E-state index contributed by atoms with van der Waals surface area (Å²) in [5.41, 5.74) is 0.406. The number of carbonyl (C=O) groups excluding carboxylic acids is 1. The van der Waals surface area contributed by atoms with Crippen molar-refractivity contribution in [2.24, 2.45) is 5.41 Å². The summed E-state index contributed by atoms with van der Waals surface area (Å²) in [6.45, 7) is 9.73. The molecule has 0 aromatic heterocycles. The zero-order valence-electron chi connectivity index (χ0n) is 14.2. The third kappa shape index (κ3) is 8.25. The molecule has 1 aliphatic rings. The lowest BCUT2D eigenvalue weighted by molar-refractivity contribution is -0.135. The number of unbranched alkanes of at least 4 members (excludes halogenated alkanes) is 2. The molecule has 3 heteroatoms. The first-order valence-electron chi connectivity index (χ1n) is 8.52. The molecular formula is C18H33NO2. The van der Waals surface area contributed by atoms with Gasteiger partial charge in [0.2, 0.25) is 5.91 Å². The Labute approximate surface area is 130 Å². The van der Waals surface area contributed by atoms with Gasteiger partial charge in [-0.15, -0.1) is 0 Å². The molecule has 1 fully saturated rings. The van der Waals surface area contributed by atoms with Gasteiger partial charge < -0.3 is 9.64 Å². The predicted molar refractivity (Wildman–Crippen MR) is 88.3 cm³/mol. The van der Waals surface area contributed by atoms with Crippen molar-refractivity contribution in [2.45, 2.75) is 65.7 Å². The van der Waals surface area contributed by atoms with Crippen LogP contribution in [0, 0.1) is 5.41 Å².